The molecule has 0 aromatic heterocycles. The van der Waals surface area contributed by atoms with Gasteiger partial charge in [-0.15, -0.1) is 0 Å². The Balaban J connectivity index is 1.48. The molecule has 2 aliphatic rings. The summed E-state index contributed by atoms with van der Waals surface area (Å²) in [6.45, 7) is 15.9. The Morgan fingerprint density at radius 1 is 0.823 bits per heavy atom. The van der Waals surface area contributed by atoms with Crippen molar-refractivity contribution in [3.63, 3.8) is 0 Å². The average molecular weight is 1110 g/mol. The third kappa shape index (κ3) is 19.9. The van der Waals surface area contributed by atoms with Crippen LogP contribution in [0.3, 0.4) is 0 Å². The van der Waals surface area contributed by atoms with E-state index in [1.54, 1.807) is 61.9 Å². The fraction of sp³-hybridized carbons (Fsp3) is 0.679. The fourth-order valence-corrected chi connectivity index (χ4v) is 9.69. The number of amides is 9. The van der Waals surface area contributed by atoms with Crippen LogP contribution in [0.4, 0.5) is 10.5 Å². The summed E-state index contributed by atoms with van der Waals surface area (Å²) >= 11 is 0. The van der Waals surface area contributed by atoms with Crippen molar-refractivity contribution in [1.29, 1.82) is 0 Å². The minimum absolute atomic E-state index is 0.0810. The number of hydrogen-bond donors (Lipinski definition) is 5. The maximum Gasteiger partial charge on any atom is 0.410 e. The van der Waals surface area contributed by atoms with Gasteiger partial charge in [-0.3, -0.25) is 48.1 Å². The molecule has 79 heavy (non-hydrogen) atoms. The fourth-order valence-electron chi connectivity index (χ4n) is 9.69. The van der Waals surface area contributed by atoms with E-state index in [1.807, 2.05) is 13.8 Å². The summed E-state index contributed by atoms with van der Waals surface area (Å²) in [4.78, 5) is 136. The van der Waals surface area contributed by atoms with Gasteiger partial charge < -0.3 is 60.2 Å². The number of ether oxygens (including phenoxy) is 4. The molecular weight excluding hydrogens is 1020 g/mol. The van der Waals surface area contributed by atoms with Crippen LogP contribution in [0.1, 0.15) is 125 Å². The molecule has 9 amide bonds. The molecule has 2 saturated heterocycles. The first-order valence-corrected chi connectivity index (χ1v) is 27.4. The van der Waals surface area contributed by atoms with E-state index in [1.165, 1.54) is 47.1 Å². The van der Waals surface area contributed by atoms with Gasteiger partial charge in [-0.25, -0.2) is 4.79 Å². The minimum Gasteiger partial charge on any atom is -0.468 e. The zero-order chi connectivity index (χ0) is 59.1. The first-order chi connectivity index (χ1) is 37.3. The lowest BCUT2D eigenvalue weighted by atomic mass is 9.90. The van der Waals surface area contributed by atoms with Crippen LogP contribution in [-0.4, -0.2) is 183 Å². The normalized spacial score (nSPS) is 16.8. The number of piperidine rings is 1. The summed E-state index contributed by atoms with van der Waals surface area (Å²) in [7, 11) is 7.15. The molecule has 0 aliphatic carbocycles. The first-order valence-electron chi connectivity index (χ1n) is 27.4. The standard InChI is InChI=1S/C56H89N9O14/c1-14-36(4)50(42(76-11)30-46(69)65-29-19-21-41(65)51(78-13)38(6)52(72)58-33-48(71)77-12)62(9)47(70)32-59-54(74)56(7,8)63(10)55(75)79-34-39-24-26-40(27-25-39)60-44(67)31-57-53(73)49(35(2)3)61-43(66)22-16-15-17-28-64-37(5)20-18-23-45(64)68/h24-27,35-36,38,41-42,49-51H,5,14-23,28-34H2,1-4,6-13H3,(H,57,73)(H,58,72)(H,59,74)(H,60,67)(H,61,66)/t36-,38+,41-,42+,49?,50-,51+/m0/s1. The maximum absolute atomic E-state index is 14.1. The Bertz CT molecular complexity index is 2260. The van der Waals surface area contributed by atoms with Crippen molar-refractivity contribution in [2.75, 3.05) is 73.5 Å². The van der Waals surface area contributed by atoms with Crippen molar-refractivity contribution in [3.8, 4) is 0 Å². The molecule has 0 radical (unpaired) electrons. The zero-order valence-corrected chi connectivity index (χ0v) is 48.7. The van der Waals surface area contributed by atoms with Crippen LogP contribution in [0.5, 0.6) is 0 Å². The number of nitrogens with one attached hydrogen (secondary N) is 5. The second-order valence-electron chi connectivity index (χ2n) is 21.3. The van der Waals surface area contributed by atoms with Gasteiger partial charge in [0.1, 0.15) is 24.7 Å². The number of nitrogens with zero attached hydrogens (tertiary/aromatic N) is 4. The van der Waals surface area contributed by atoms with Crippen LogP contribution in [0.15, 0.2) is 36.5 Å². The van der Waals surface area contributed by atoms with Crippen LogP contribution in [0, 0.1) is 17.8 Å². The Hall–Kier alpha value is -6.62. The average Bonchev–Trinajstić information content (AvgIpc) is 3.92. The molecule has 2 aliphatic heterocycles. The van der Waals surface area contributed by atoms with Crippen molar-refractivity contribution in [2.24, 2.45) is 17.8 Å². The number of rotatable bonds is 31. The third-order valence-corrected chi connectivity index (χ3v) is 15.1. The minimum atomic E-state index is -1.47. The molecule has 2 fully saturated rings. The highest BCUT2D eigenvalue weighted by Crippen LogP contribution is 2.30. The maximum atomic E-state index is 14.1. The number of unbranched alkanes of at least 4 members (excludes halogenated alkanes) is 2. The smallest absolute Gasteiger partial charge is 0.410 e. The summed E-state index contributed by atoms with van der Waals surface area (Å²) in [5, 5.41) is 13.3. The lowest BCUT2D eigenvalue weighted by Gasteiger charge is -2.39. The molecule has 2 heterocycles. The second-order valence-corrected chi connectivity index (χ2v) is 21.3. The number of methoxy groups -OCH3 is 3. The molecule has 0 bridgehead atoms. The molecule has 1 aromatic rings. The molecule has 0 saturated carbocycles. The van der Waals surface area contributed by atoms with E-state index in [0.717, 1.165) is 36.3 Å². The number of hydrogen-bond acceptors (Lipinski definition) is 14. The largest absolute Gasteiger partial charge is 0.468 e. The van der Waals surface area contributed by atoms with E-state index in [2.05, 4.69) is 37.9 Å². The van der Waals surface area contributed by atoms with Gasteiger partial charge in [-0.05, 0) is 81.9 Å². The van der Waals surface area contributed by atoms with Gasteiger partial charge in [-0.1, -0.05) is 66.2 Å². The molecule has 7 atom stereocenters. The van der Waals surface area contributed by atoms with E-state index < -0.39 is 89.9 Å². The Labute approximate surface area is 466 Å². The van der Waals surface area contributed by atoms with Gasteiger partial charge in [-0.2, -0.15) is 0 Å². The van der Waals surface area contributed by atoms with Crippen molar-refractivity contribution in [3.05, 3.63) is 42.1 Å². The van der Waals surface area contributed by atoms with Crippen LogP contribution in [-0.2, 0) is 68.7 Å². The lowest BCUT2D eigenvalue weighted by Crippen LogP contribution is -2.58. The molecule has 1 aromatic carbocycles. The molecule has 0 spiro atoms. The van der Waals surface area contributed by atoms with Crippen molar-refractivity contribution >= 4 is 65.0 Å². The van der Waals surface area contributed by atoms with E-state index in [0.29, 0.717) is 56.4 Å². The lowest BCUT2D eigenvalue weighted by molar-refractivity contribution is -0.146. The van der Waals surface area contributed by atoms with Gasteiger partial charge in [0, 0.05) is 65.6 Å². The Morgan fingerprint density at radius 2 is 1.49 bits per heavy atom. The van der Waals surface area contributed by atoms with Crippen LogP contribution in [0.25, 0.3) is 0 Å². The van der Waals surface area contributed by atoms with E-state index in [4.69, 9.17) is 14.2 Å². The topological polar surface area (TPSA) is 281 Å². The second kappa shape index (κ2) is 32.5. The molecular formula is C56H89N9O14. The molecule has 5 N–H and O–H groups in total. The van der Waals surface area contributed by atoms with Gasteiger partial charge in [0.15, 0.2) is 0 Å². The highest BCUT2D eigenvalue weighted by molar-refractivity contribution is 5.96. The number of likely N-dealkylation sites (tertiary alicyclic amines) is 2. The van der Waals surface area contributed by atoms with Crippen LogP contribution >= 0.6 is 0 Å². The molecule has 3 rings (SSSR count). The summed E-state index contributed by atoms with van der Waals surface area (Å²) in [6.07, 6.45) is 4.04. The quantitative estimate of drug-likeness (QED) is 0.0525. The number of esters is 1. The van der Waals surface area contributed by atoms with Gasteiger partial charge in [0.25, 0.3) is 0 Å². The van der Waals surface area contributed by atoms with E-state index in [-0.39, 0.29) is 62.1 Å². The monoisotopic (exact) mass is 1110 g/mol. The molecule has 442 valence electrons. The van der Waals surface area contributed by atoms with E-state index >= 15 is 0 Å². The Morgan fingerprint density at radius 3 is 2.10 bits per heavy atom. The summed E-state index contributed by atoms with van der Waals surface area (Å²) in [5.74, 6) is -4.64. The summed E-state index contributed by atoms with van der Waals surface area (Å²) < 4.78 is 21.8. The summed E-state index contributed by atoms with van der Waals surface area (Å²) in [6, 6.07) is 4.59. The summed E-state index contributed by atoms with van der Waals surface area (Å²) in [5.41, 5.74) is 0.344. The van der Waals surface area contributed by atoms with Gasteiger partial charge >= 0.3 is 12.1 Å². The zero-order valence-electron chi connectivity index (χ0n) is 48.7. The highest BCUT2D eigenvalue weighted by Gasteiger charge is 2.43. The predicted molar refractivity (Wildman–Crippen MR) is 294 cm³/mol. The van der Waals surface area contributed by atoms with Crippen molar-refractivity contribution < 1.29 is 66.9 Å². The van der Waals surface area contributed by atoms with Crippen molar-refractivity contribution in [1.82, 2.24) is 40.9 Å². The Kier molecular flexibility index (Phi) is 27.4. The van der Waals surface area contributed by atoms with Crippen LogP contribution in [0.2, 0.25) is 0 Å². The number of carbonyl (C=O) groups is 10. The number of allylic oxidation sites excluding steroid dienone is 1. The highest BCUT2D eigenvalue weighted by atomic mass is 16.6. The molecule has 23 nitrogen and oxygen atoms in total. The number of likely N-dealkylation sites (N-methyl/N-ethyl adjacent to an activating group) is 2. The van der Waals surface area contributed by atoms with Crippen molar-refractivity contribution in [2.45, 2.75) is 162 Å². The SMILES string of the molecule is C=C1CCCC(=O)N1CCCCCC(=O)NC(C(=O)NCC(=O)Nc1ccc(COC(=O)N(C)C(C)(C)C(=O)NCC(=O)N(C)[C@@H]([C@@H](C)CC)[C@@H](CC(=O)N2CCC[C@H]2[C@H](OC)[C@@H](C)C(=O)NCC(=O)OC)OC)cc1)C(C)C. The third-order valence-electron chi connectivity index (χ3n) is 15.1. The van der Waals surface area contributed by atoms with Gasteiger partial charge in [0.2, 0.25) is 47.3 Å². The number of anilines is 1. The van der Waals surface area contributed by atoms with Crippen LogP contribution < -0.4 is 26.6 Å². The first kappa shape index (κ1) is 66.7. The number of benzene rings is 1. The predicted octanol–water partition coefficient (Wildman–Crippen LogP) is 3.64. The molecule has 1 unspecified atom stereocenters. The number of carbonyl (C=O) groups excluding carboxylic acids is 10. The van der Waals surface area contributed by atoms with Gasteiger partial charge in [0.05, 0.1) is 56.8 Å². The molecule has 23 heteroatoms. The van der Waals surface area contributed by atoms with E-state index in [9.17, 15) is 47.9 Å².